The average molecular weight is 267 g/mol. The van der Waals surface area contributed by atoms with Gasteiger partial charge in [0.1, 0.15) is 6.07 Å². The highest BCUT2D eigenvalue weighted by molar-refractivity contribution is 5.64. The fourth-order valence-corrected chi connectivity index (χ4v) is 2.30. The fraction of sp³-hybridized carbons (Fsp3) is 0.286. The van der Waals surface area contributed by atoms with Crippen molar-refractivity contribution in [3.8, 4) is 6.07 Å². The van der Waals surface area contributed by atoms with E-state index in [0.717, 1.165) is 25.9 Å². The second-order valence-electron chi connectivity index (χ2n) is 4.67. The third-order valence-electron chi connectivity index (χ3n) is 3.34. The smallest absolute Gasteiger partial charge is 0.281 e. The van der Waals surface area contributed by atoms with Gasteiger partial charge >= 0.3 is 0 Å². The number of aromatic nitrogens is 1. The average Bonchev–Trinajstić information content (AvgIpc) is 3.00. The van der Waals surface area contributed by atoms with Crippen molar-refractivity contribution in [2.75, 3.05) is 13.1 Å². The molecule has 1 saturated heterocycles. The molecule has 0 bridgehead atoms. The Morgan fingerprint density at radius 2 is 2.05 bits per heavy atom. The first-order valence-corrected chi connectivity index (χ1v) is 6.51. The number of nitrogens with zero attached hydrogens (tertiary/aromatic N) is 5. The number of rotatable bonds is 2. The van der Waals surface area contributed by atoms with Crippen molar-refractivity contribution in [2.45, 2.75) is 12.8 Å². The maximum atomic E-state index is 12.3. The quantitative estimate of drug-likeness (QED) is 0.783. The van der Waals surface area contributed by atoms with Crippen molar-refractivity contribution in [3.63, 3.8) is 0 Å². The predicted octanol–water partition coefficient (Wildman–Crippen LogP) is 2.27. The number of pyridine rings is 2. The lowest BCUT2D eigenvalue weighted by Gasteiger charge is -2.07. The number of hydrogen-bond acceptors (Lipinski definition) is 4. The van der Waals surface area contributed by atoms with E-state index in [9.17, 15) is 10.1 Å². The van der Waals surface area contributed by atoms with E-state index in [1.807, 2.05) is 5.01 Å². The Labute approximate surface area is 115 Å². The molecule has 20 heavy (non-hydrogen) atoms. The summed E-state index contributed by atoms with van der Waals surface area (Å²) in [4.78, 5) is 12.3. The van der Waals surface area contributed by atoms with Crippen LogP contribution in [0.2, 0.25) is 0 Å². The molecular formula is C14H13N5O. The Morgan fingerprint density at radius 3 is 2.80 bits per heavy atom. The van der Waals surface area contributed by atoms with Crippen molar-refractivity contribution >= 4 is 11.2 Å². The first-order chi connectivity index (χ1) is 9.79. The van der Waals surface area contributed by atoms with Crippen LogP contribution < -0.4 is 5.56 Å². The lowest BCUT2D eigenvalue weighted by atomic mass is 10.2. The van der Waals surface area contributed by atoms with Gasteiger partial charge in [-0.1, -0.05) is 11.3 Å². The third kappa shape index (κ3) is 2.14. The zero-order valence-electron chi connectivity index (χ0n) is 10.9. The zero-order chi connectivity index (χ0) is 13.9. The fourth-order valence-electron chi connectivity index (χ4n) is 2.30. The van der Waals surface area contributed by atoms with E-state index in [1.165, 1.54) is 10.5 Å². The monoisotopic (exact) mass is 267 g/mol. The van der Waals surface area contributed by atoms with Gasteiger partial charge in [0.05, 0.1) is 11.1 Å². The standard InChI is InChI=1S/C14H13N5O/c15-10-11-9-12(16-17-18-6-3-4-7-18)14(20)19-8-2-1-5-13(11)19/h1-2,5,8-9H,3-4,6-7H2. The molecule has 0 N–H and O–H groups in total. The molecule has 0 aromatic carbocycles. The lowest BCUT2D eigenvalue weighted by molar-refractivity contribution is 0.336. The molecule has 0 atom stereocenters. The minimum absolute atomic E-state index is 0.192. The van der Waals surface area contributed by atoms with Gasteiger partial charge in [0.2, 0.25) is 0 Å². The van der Waals surface area contributed by atoms with Gasteiger partial charge in [-0.2, -0.15) is 5.26 Å². The van der Waals surface area contributed by atoms with Crippen LogP contribution in [0.4, 0.5) is 5.69 Å². The molecule has 6 heteroatoms. The summed E-state index contributed by atoms with van der Waals surface area (Å²) in [5.41, 5.74) is 0.931. The van der Waals surface area contributed by atoms with Gasteiger partial charge in [0, 0.05) is 19.3 Å². The maximum Gasteiger partial charge on any atom is 0.283 e. The molecule has 6 nitrogen and oxygen atoms in total. The van der Waals surface area contributed by atoms with Gasteiger partial charge in [-0.15, -0.1) is 5.11 Å². The maximum absolute atomic E-state index is 12.3. The van der Waals surface area contributed by atoms with Crippen LogP contribution in [0.3, 0.4) is 0 Å². The normalized spacial score (nSPS) is 15.1. The van der Waals surface area contributed by atoms with Gasteiger partial charge < -0.3 is 0 Å². The highest BCUT2D eigenvalue weighted by Gasteiger charge is 2.11. The SMILES string of the molecule is N#Cc1cc(N=NN2CCCC2)c(=O)n2ccccc12. The van der Waals surface area contributed by atoms with Crippen LogP contribution in [0, 0.1) is 11.3 Å². The van der Waals surface area contributed by atoms with Crippen LogP contribution in [0.1, 0.15) is 18.4 Å². The molecule has 0 radical (unpaired) electrons. The minimum Gasteiger partial charge on any atom is -0.281 e. The van der Waals surface area contributed by atoms with Gasteiger partial charge in [0.25, 0.3) is 5.56 Å². The Balaban J connectivity index is 2.09. The molecule has 2 aromatic heterocycles. The first kappa shape index (κ1) is 12.4. The van der Waals surface area contributed by atoms with Crippen LogP contribution in [0.15, 0.2) is 45.6 Å². The summed E-state index contributed by atoms with van der Waals surface area (Å²) in [5, 5.41) is 19.1. The molecule has 0 unspecified atom stereocenters. The summed E-state index contributed by atoms with van der Waals surface area (Å²) < 4.78 is 1.43. The van der Waals surface area contributed by atoms with Crippen LogP contribution >= 0.6 is 0 Å². The van der Waals surface area contributed by atoms with E-state index in [-0.39, 0.29) is 11.2 Å². The molecule has 3 rings (SSSR count). The van der Waals surface area contributed by atoms with Crippen LogP contribution in [-0.2, 0) is 0 Å². The number of hydrogen-bond donors (Lipinski definition) is 0. The van der Waals surface area contributed by atoms with Gasteiger partial charge in [0.15, 0.2) is 5.69 Å². The predicted molar refractivity (Wildman–Crippen MR) is 73.7 cm³/mol. The minimum atomic E-state index is -0.262. The molecule has 100 valence electrons. The largest absolute Gasteiger partial charge is 0.283 e. The lowest BCUT2D eigenvalue weighted by Crippen LogP contribution is -2.14. The van der Waals surface area contributed by atoms with E-state index in [4.69, 9.17) is 0 Å². The Bertz CT molecular complexity index is 765. The van der Waals surface area contributed by atoms with E-state index in [1.54, 1.807) is 24.4 Å². The molecule has 3 heterocycles. The van der Waals surface area contributed by atoms with Gasteiger partial charge in [-0.25, -0.2) is 0 Å². The highest BCUT2D eigenvalue weighted by atomic mass is 16.1. The van der Waals surface area contributed by atoms with Gasteiger partial charge in [-0.3, -0.25) is 14.2 Å². The Morgan fingerprint density at radius 1 is 1.25 bits per heavy atom. The van der Waals surface area contributed by atoms with E-state index in [2.05, 4.69) is 16.4 Å². The second-order valence-corrected chi connectivity index (χ2v) is 4.67. The molecular weight excluding hydrogens is 254 g/mol. The highest BCUT2D eigenvalue weighted by Crippen LogP contribution is 2.16. The second kappa shape index (κ2) is 5.13. The molecule has 0 amide bonds. The van der Waals surface area contributed by atoms with Crippen LogP contribution in [0.5, 0.6) is 0 Å². The van der Waals surface area contributed by atoms with Crippen LogP contribution in [0.25, 0.3) is 5.52 Å². The van der Waals surface area contributed by atoms with Crippen molar-refractivity contribution in [3.05, 3.63) is 46.4 Å². The molecule has 1 aliphatic rings. The summed E-state index contributed by atoms with van der Waals surface area (Å²) in [5.74, 6) is 0. The zero-order valence-corrected chi connectivity index (χ0v) is 10.9. The topological polar surface area (TPSA) is 73.2 Å². The van der Waals surface area contributed by atoms with Crippen LogP contribution in [-0.4, -0.2) is 22.5 Å². The number of nitriles is 1. The van der Waals surface area contributed by atoms with Crippen molar-refractivity contribution in [1.82, 2.24) is 9.41 Å². The molecule has 1 fully saturated rings. The summed E-state index contributed by atoms with van der Waals surface area (Å²) in [6.45, 7) is 1.73. The van der Waals surface area contributed by atoms with Crippen molar-refractivity contribution in [2.24, 2.45) is 10.3 Å². The first-order valence-electron chi connectivity index (χ1n) is 6.51. The van der Waals surface area contributed by atoms with E-state index in [0.29, 0.717) is 11.1 Å². The molecule has 2 aromatic rings. The van der Waals surface area contributed by atoms with Gasteiger partial charge in [-0.05, 0) is 31.0 Å². The molecule has 1 aliphatic heterocycles. The Kier molecular flexibility index (Phi) is 3.17. The van der Waals surface area contributed by atoms with Crippen molar-refractivity contribution < 1.29 is 0 Å². The van der Waals surface area contributed by atoms with E-state index >= 15 is 0 Å². The summed E-state index contributed by atoms with van der Waals surface area (Å²) >= 11 is 0. The Hall–Kier alpha value is -2.68. The van der Waals surface area contributed by atoms with E-state index < -0.39 is 0 Å². The summed E-state index contributed by atoms with van der Waals surface area (Å²) in [6.07, 6.45) is 3.83. The summed E-state index contributed by atoms with van der Waals surface area (Å²) in [7, 11) is 0. The molecule has 0 spiro atoms. The summed E-state index contributed by atoms with van der Waals surface area (Å²) in [6, 6.07) is 8.86. The molecule has 0 saturated carbocycles. The molecule has 0 aliphatic carbocycles. The third-order valence-corrected chi connectivity index (χ3v) is 3.34. The number of fused-ring (bicyclic) bond motifs is 1. The van der Waals surface area contributed by atoms with Crippen molar-refractivity contribution in [1.29, 1.82) is 5.26 Å².